The van der Waals surface area contributed by atoms with Gasteiger partial charge in [0.25, 0.3) is 0 Å². The molecule has 0 bridgehead atoms. The van der Waals surface area contributed by atoms with Crippen molar-refractivity contribution in [2.24, 2.45) is 0 Å². The van der Waals surface area contributed by atoms with Crippen molar-refractivity contribution in [3.05, 3.63) is 28.8 Å². The van der Waals surface area contributed by atoms with Crippen LogP contribution in [0.15, 0.2) is 18.2 Å². The average Bonchev–Trinajstić information content (AvgIpc) is 2.27. The van der Waals surface area contributed by atoms with Crippen LogP contribution >= 0.6 is 11.6 Å². The third-order valence-corrected chi connectivity index (χ3v) is 2.96. The Morgan fingerprint density at radius 1 is 1.41 bits per heavy atom. The van der Waals surface area contributed by atoms with Crippen molar-refractivity contribution < 1.29 is 4.74 Å². The predicted molar refractivity (Wildman–Crippen MR) is 74.1 cm³/mol. The summed E-state index contributed by atoms with van der Waals surface area (Å²) in [5.74, 6) is 0.766. The summed E-state index contributed by atoms with van der Waals surface area (Å²) in [4.78, 5) is 0. The second kappa shape index (κ2) is 7.57. The van der Waals surface area contributed by atoms with Crippen molar-refractivity contribution in [1.82, 2.24) is 5.32 Å². The van der Waals surface area contributed by atoms with Crippen LogP contribution < -0.4 is 10.1 Å². The first-order valence-electron chi connectivity index (χ1n) is 6.25. The number of aryl methyl sites for hydroxylation is 1. The standard InChI is InChI=1S/C14H22ClNO/c1-4-5-12(3)16-8-9-17-14-7-6-11(2)10-13(14)15/h6-7,10,12,16H,4-5,8-9H2,1-3H3. The molecule has 0 amide bonds. The molecule has 1 aromatic carbocycles. The van der Waals surface area contributed by atoms with Crippen molar-refractivity contribution >= 4 is 11.6 Å². The predicted octanol–water partition coefficient (Wildman–Crippen LogP) is 3.81. The summed E-state index contributed by atoms with van der Waals surface area (Å²) in [6.45, 7) is 7.91. The van der Waals surface area contributed by atoms with Gasteiger partial charge in [-0.2, -0.15) is 0 Å². The maximum absolute atomic E-state index is 6.08. The number of ether oxygens (including phenoxy) is 1. The third-order valence-electron chi connectivity index (χ3n) is 2.66. The molecule has 0 fully saturated rings. The van der Waals surface area contributed by atoms with Gasteiger partial charge in [-0.25, -0.2) is 0 Å². The second-order valence-electron chi connectivity index (χ2n) is 4.43. The van der Waals surface area contributed by atoms with Crippen LogP contribution in [0.5, 0.6) is 5.75 Å². The van der Waals surface area contributed by atoms with E-state index in [9.17, 15) is 0 Å². The van der Waals surface area contributed by atoms with Crippen LogP contribution in [-0.2, 0) is 0 Å². The zero-order valence-corrected chi connectivity index (χ0v) is 11.7. The number of halogens is 1. The molecule has 1 rings (SSSR count). The normalized spacial score (nSPS) is 12.5. The van der Waals surface area contributed by atoms with Crippen LogP contribution in [0.25, 0.3) is 0 Å². The van der Waals surface area contributed by atoms with Crippen LogP contribution in [0, 0.1) is 6.92 Å². The van der Waals surface area contributed by atoms with Crippen LogP contribution in [0.1, 0.15) is 32.3 Å². The number of rotatable bonds is 7. The number of benzene rings is 1. The van der Waals surface area contributed by atoms with Gasteiger partial charge < -0.3 is 10.1 Å². The van der Waals surface area contributed by atoms with Gasteiger partial charge in [-0.3, -0.25) is 0 Å². The lowest BCUT2D eigenvalue weighted by Gasteiger charge is -2.13. The monoisotopic (exact) mass is 255 g/mol. The molecule has 0 saturated heterocycles. The summed E-state index contributed by atoms with van der Waals surface area (Å²) in [6.07, 6.45) is 2.41. The second-order valence-corrected chi connectivity index (χ2v) is 4.83. The highest BCUT2D eigenvalue weighted by Crippen LogP contribution is 2.24. The maximum Gasteiger partial charge on any atom is 0.137 e. The minimum absolute atomic E-state index is 0.553. The van der Waals surface area contributed by atoms with E-state index in [4.69, 9.17) is 16.3 Å². The minimum Gasteiger partial charge on any atom is -0.491 e. The van der Waals surface area contributed by atoms with E-state index < -0.39 is 0 Å². The molecule has 1 unspecified atom stereocenters. The van der Waals surface area contributed by atoms with Crippen LogP contribution in [0.3, 0.4) is 0 Å². The average molecular weight is 256 g/mol. The van der Waals surface area contributed by atoms with Crippen LogP contribution in [0.4, 0.5) is 0 Å². The molecular weight excluding hydrogens is 234 g/mol. The van der Waals surface area contributed by atoms with Gasteiger partial charge in [0, 0.05) is 12.6 Å². The van der Waals surface area contributed by atoms with E-state index in [-0.39, 0.29) is 0 Å². The molecule has 17 heavy (non-hydrogen) atoms. The molecule has 0 aliphatic carbocycles. The largest absolute Gasteiger partial charge is 0.491 e. The molecule has 0 spiro atoms. The molecule has 1 aromatic rings. The Hall–Kier alpha value is -0.730. The van der Waals surface area contributed by atoms with Crippen molar-refractivity contribution in [3.8, 4) is 5.75 Å². The number of nitrogens with one attached hydrogen (secondary N) is 1. The third kappa shape index (κ3) is 5.42. The Morgan fingerprint density at radius 2 is 2.18 bits per heavy atom. The highest BCUT2D eigenvalue weighted by Gasteiger charge is 2.02. The van der Waals surface area contributed by atoms with Gasteiger partial charge in [-0.15, -0.1) is 0 Å². The van der Waals surface area contributed by atoms with E-state index in [0.717, 1.165) is 17.9 Å². The van der Waals surface area contributed by atoms with Gasteiger partial charge in [0.15, 0.2) is 0 Å². The molecule has 96 valence electrons. The van der Waals surface area contributed by atoms with Crippen LogP contribution in [0.2, 0.25) is 5.02 Å². The van der Waals surface area contributed by atoms with Gasteiger partial charge in [-0.05, 0) is 38.0 Å². The fraction of sp³-hybridized carbons (Fsp3) is 0.571. The highest BCUT2D eigenvalue weighted by molar-refractivity contribution is 6.32. The minimum atomic E-state index is 0.553. The van der Waals surface area contributed by atoms with E-state index in [0.29, 0.717) is 17.7 Å². The molecule has 0 saturated carbocycles. The molecular formula is C14H22ClNO. The molecule has 0 aromatic heterocycles. The Kier molecular flexibility index (Phi) is 6.38. The number of hydrogen-bond donors (Lipinski definition) is 1. The van der Waals surface area contributed by atoms with E-state index in [1.165, 1.54) is 12.8 Å². The fourth-order valence-corrected chi connectivity index (χ4v) is 2.01. The van der Waals surface area contributed by atoms with Crippen LogP contribution in [-0.4, -0.2) is 19.2 Å². The van der Waals surface area contributed by atoms with Crippen molar-refractivity contribution in [3.63, 3.8) is 0 Å². The molecule has 0 heterocycles. The van der Waals surface area contributed by atoms with E-state index in [1.54, 1.807) is 0 Å². The summed E-state index contributed by atoms with van der Waals surface area (Å²) in [7, 11) is 0. The molecule has 0 aliphatic heterocycles. The van der Waals surface area contributed by atoms with Gasteiger partial charge >= 0.3 is 0 Å². The van der Waals surface area contributed by atoms with Gasteiger partial charge in [0.1, 0.15) is 12.4 Å². The summed E-state index contributed by atoms with van der Waals surface area (Å²) >= 11 is 6.08. The molecule has 2 nitrogen and oxygen atoms in total. The van der Waals surface area contributed by atoms with Gasteiger partial charge in [0.05, 0.1) is 5.02 Å². The summed E-state index contributed by atoms with van der Waals surface area (Å²) in [5.41, 5.74) is 1.15. The summed E-state index contributed by atoms with van der Waals surface area (Å²) in [6, 6.07) is 6.41. The quantitative estimate of drug-likeness (QED) is 0.749. The van der Waals surface area contributed by atoms with E-state index in [2.05, 4.69) is 19.2 Å². The molecule has 1 atom stereocenters. The highest BCUT2D eigenvalue weighted by atomic mass is 35.5. The zero-order valence-electron chi connectivity index (χ0n) is 10.9. The Labute approximate surface area is 109 Å². The maximum atomic E-state index is 6.08. The summed E-state index contributed by atoms with van der Waals surface area (Å²) in [5, 5.41) is 4.10. The molecule has 1 N–H and O–H groups in total. The summed E-state index contributed by atoms with van der Waals surface area (Å²) < 4.78 is 5.63. The number of hydrogen-bond acceptors (Lipinski definition) is 2. The van der Waals surface area contributed by atoms with E-state index >= 15 is 0 Å². The van der Waals surface area contributed by atoms with Crippen molar-refractivity contribution in [2.45, 2.75) is 39.7 Å². The Balaban J connectivity index is 2.26. The molecule has 0 radical (unpaired) electrons. The zero-order chi connectivity index (χ0) is 12.7. The topological polar surface area (TPSA) is 21.3 Å². The van der Waals surface area contributed by atoms with Gasteiger partial charge in [0.2, 0.25) is 0 Å². The SMILES string of the molecule is CCCC(C)NCCOc1ccc(C)cc1Cl. The lowest BCUT2D eigenvalue weighted by atomic mass is 10.2. The lowest BCUT2D eigenvalue weighted by Crippen LogP contribution is -2.29. The smallest absolute Gasteiger partial charge is 0.137 e. The molecule has 0 aliphatic rings. The van der Waals surface area contributed by atoms with E-state index in [1.807, 2.05) is 25.1 Å². The van der Waals surface area contributed by atoms with Crippen molar-refractivity contribution in [2.75, 3.05) is 13.2 Å². The van der Waals surface area contributed by atoms with Gasteiger partial charge in [-0.1, -0.05) is 31.0 Å². The first-order chi connectivity index (χ1) is 8.13. The lowest BCUT2D eigenvalue weighted by molar-refractivity contribution is 0.305. The van der Waals surface area contributed by atoms with Crippen molar-refractivity contribution in [1.29, 1.82) is 0 Å². The Bertz CT molecular complexity index is 341. The Morgan fingerprint density at radius 3 is 2.82 bits per heavy atom. The molecule has 3 heteroatoms. The first-order valence-corrected chi connectivity index (χ1v) is 6.63. The first kappa shape index (κ1) is 14.3. The fourth-order valence-electron chi connectivity index (χ4n) is 1.72.